The number of hydrogen-bond acceptors (Lipinski definition) is 4. The third-order valence-electron chi connectivity index (χ3n) is 1.93. The van der Waals surface area contributed by atoms with Crippen LogP contribution in [0.4, 0.5) is 0 Å². The van der Waals surface area contributed by atoms with Crippen LogP contribution >= 0.6 is 11.3 Å². The highest BCUT2D eigenvalue weighted by molar-refractivity contribution is 7.10. The van der Waals surface area contributed by atoms with Gasteiger partial charge in [-0.2, -0.15) is 5.26 Å². The van der Waals surface area contributed by atoms with Gasteiger partial charge in [0.15, 0.2) is 0 Å². The molecule has 0 aliphatic carbocycles. The van der Waals surface area contributed by atoms with E-state index in [4.69, 9.17) is 10.00 Å². The van der Waals surface area contributed by atoms with Crippen LogP contribution in [0.2, 0.25) is 0 Å². The van der Waals surface area contributed by atoms with Crippen LogP contribution in [0.25, 0.3) is 0 Å². The minimum absolute atomic E-state index is 0.756. The number of hydrogen-bond donors (Lipinski definition) is 1. The van der Waals surface area contributed by atoms with Gasteiger partial charge in [0.25, 0.3) is 0 Å². The summed E-state index contributed by atoms with van der Waals surface area (Å²) < 4.78 is 5.23. The van der Waals surface area contributed by atoms with Crippen LogP contribution in [0.3, 0.4) is 0 Å². The van der Waals surface area contributed by atoms with Crippen LogP contribution in [-0.4, -0.2) is 19.8 Å². The monoisotopic (exact) mass is 224 g/mol. The molecule has 0 aromatic carbocycles. The summed E-state index contributed by atoms with van der Waals surface area (Å²) >= 11 is 1.63. The van der Waals surface area contributed by atoms with E-state index in [1.165, 1.54) is 4.88 Å². The Kier molecular flexibility index (Phi) is 6.02. The minimum Gasteiger partial charge on any atom is -0.382 e. The summed E-state index contributed by atoms with van der Waals surface area (Å²) in [4.78, 5) is 1.21. The van der Waals surface area contributed by atoms with E-state index in [9.17, 15) is 0 Å². The standard InChI is InChI=1S/C11H16N2OS/c1-2-14-5-3-4-13-8-11-6-10(7-12)9-15-11/h6,9,13H,2-5,8H2,1H3. The molecule has 15 heavy (non-hydrogen) atoms. The first-order valence-electron chi connectivity index (χ1n) is 5.12. The molecule has 1 rings (SSSR count). The zero-order valence-corrected chi connectivity index (χ0v) is 9.77. The lowest BCUT2D eigenvalue weighted by atomic mass is 10.3. The number of nitriles is 1. The van der Waals surface area contributed by atoms with Gasteiger partial charge in [0.2, 0.25) is 0 Å². The summed E-state index contributed by atoms with van der Waals surface area (Å²) in [6.45, 7) is 5.41. The van der Waals surface area contributed by atoms with E-state index in [2.05, 4.69) is 11.4 Å². The molecular weight excluding hydrogens is 208 g/mol. The van der Waals surface area contributed by atoms with Crippen molar-refractivity contribution in [2.24, 2.45) is 0 Å². The van der Waals surface area contributed by atoms with Crippen molar-refractivity contribution in [1.82, 2.24) is 5.32 Å². The normalized spacial score (nSPS) is 10.1. The lowest BCUT2D eigenvalue weighted by Gasteiger charge is -2.02. The Labute approximate surface area is 94.7 Å². The highest BCUT2D eigenvalue weighted by Gasteiger charge is 1.97. The first kappa shape index (κ1) is 12.2. The van der Waals surface area contributed by atoms with Gasteiger partial charge in [0.05, 0.1) is 5.56 Å². The molecule has 0 bridgehead atoms. The molecule has 0 radical (unpaired) electrons. The van der Waals surface area contributed by atoms with Crippen LogP contribution in [0, 0.1) is 11.3 Å². The number of nitrogens with one attached hydrogen (secondary N) is 1. The van der Waals surface area contributed by atoms with E-state index in [1.54, 1.807) is 11.3 Å². The number of thiophene rings is 1. The van der Waals surface area contributed by atoms with Crippen molar-refractivity contribution in [2.75, 3.05) is 19.8 Å². The Bertz CT molecular complexity index is 317. The van der Waals surface area contributed by atoms with Gasteiger partial charge < -0.3 is 10.1 Å². The molecule has 0 aliphatic heterocycles. The molecule has 0 saturated heterocycles. The van der Waals surface area contributed by atoms with Crippen molar-refractivity contribution in [3.63, 3.8) is 0 Å². The molecule has 0 fully saturated rings. The van der Waals surface area contributed by atoms with Crippen molar-refractivity contribution < 1.29 is 4.74 Å². The van der Waals surface area contributed by atoms with E-state index < -0.39 is 0 Å². The van der Waals surface area contributed by atoms with Crippen LogP contribution in [0.1, 0.15) is 23.8 Å². The van der Waals surface area contributed by atoms with Crippen molar-refractivity contribution in [1.29, 1.82) is 5.26 Å². The van der Waals surface area contributed by atoms with Gasteiger partial charge in [-0.15, -0.1) is 11.3 Å². The fraction of sp³-hybridized carbons (Fsp3) is 0.545. The van der Waals surface area contributed by atoms with Gasteiger partial charge >= 0.3 is 0 Å². The molecule has 0 unspecified atom stereocenters. The largest absolute Gasteiger partial charge is 0.382 e. The van der Waals surface area contributed by atoms with Crippen molar-refractivity contribution in [2.45, 2.75) is 19.9 Å². The number of nitrogens with zero attached hydrogens (tertiary/aromatic N) is 1. The van der Waals surface area contributed by atoms with Gasteiger partial charge in [-0.1, -0.05) is 0 Å². The minimum atomic E-state index is 0.756. The first-order chi connectivity index (χ1) is 7.36. The maximum Gasteiger partial charge on any atom is 0.100 e. The summed E-state index contributed by atoms with van der Waals surface area (Å²) in [5.74, 6) is 0. The molecule has 1 aromatic rings. The SMILES string of the molecule is CCOCCCNCc1cc(C#N)cs1. The Balaban J connectivity index is 2.07. The molecule has 0 atom stereocenters. The van der Waals surface area contributed by atoms with E-state index in [0.29, 0.717) is 0 Å². The maximum absolute atomic E-state index is 8.64. The summed E-state index contributed by atoms with van der Waals surface area (Å²) in [5, 5.41) is 13.8. The number of rotatable bonds is 7. The van der Waals surface area contributed by atoms with Gasteiger partial charge in [-0.05, 0) is 26.0 Å². The lowest BCUT2D eigenvalue weighted by molar-refractivity contribution is 0.144. The predicted molar refractivity (Wildman–Crippen MR) is 61.9 cm³/mol. The van der Waals surface area contributed by atoms with Gasteiger partial charge in [0, 0.05) is 30.0 Å². The van der Waals surface area contributed by atoms with Gasteiger partial charge in [0.1, 0.15) is 6.07 Å². The molecule has 0 aliphatic rings. The smallest absolute Gasteiger partial charge is 0.100 e. The zero-order valence-electron chi connectivity index (χ0n) is 8.95. The highest BCUT2D eigenvalue weighted by Crippen LogP contribution is 2.12. The third-order valence-corrected chi connectivity index (χ3v) is 2.87. The van der Waals surface area contributed by atoms with E-state index >= 15 is 0 Å². The lowest BCUT2D eigenvalue weighted by Crippen LogP contribution is -2.15. The summed E-state index contributed by atoms with van der Waals surface area (Å²) in [6, 6.07) is 4.06. The average molecular weight is 224 g/mol. The van der Waals surface area contributed by atoms with Gasteiger partial charge in [-0.25, -0.2) is 0 Å². The highest BCUT2D eigenvalue weighted by atomic mass is 32.1. The zero-order chi connectivity index (χ0) is 10.9. The van der Waals surface area contributed by atoms with Gasteiger partial charge in [-0.3, -0.25) is 0 Å². The average Bonchev–Trinajstić information content (AvgIpc) is 2.71. The van der Waals surface area contributed by atoms with Crippen LogP contribution in [0.5, 0.6) is 0 Å². The quantitative estimate of drug-likeness (QED) is 0.722. The van der Waals surface area contributed by atoms with Crippen LogP contribution in [0.15, 0.2) is 11.4 Å². The maximum atomic E-state index is 8.64. The third kappa shape index (κ3) is 4.93. The van der Waals surface area contributed by atoms with Crippen LogP contribution < -0.4 is 5.32 Å². The topological polar surface area (TPSA) is 45.0 Å². The Morgan fingerprint density at radius 2 is 2.47 bits per heavy atom. The molecule has 0 amide bonds. The predicted octanol–water partition coefficient (Wildman–Crippen LogP) is 2.14. The fourth-order valence-corrected chi connectivity index (χ4v) is 1.97. The summed E-state index contributed by atoms with van der Waals surface area (Å²) in [6.07, 6.45) is 1.03. The van der Waals surface area contributed by atoms with E-state index in [0.717, 1.165) is 38.3 Å². The first-order valence-corrected chi connectivity index (χ1v) is 6.00. The summed E-state index contributed by atoms with van der Waals surface area (Å²) in [7, 11) is 0. The Morgan fingerprint density at radius 1 is 1.60 bits per heavy atom. The van der Waals surface area contributed by atoms with E-state index in [1.807, 2.05) is 18.4 Å². The second-order valence-electron chi connectivity index (χ2n) is 3.14. The second-order valence-corrected chi connectivity index (χ2v) is 4.14. The van der Waals surface area contributed by atoms with Crippen LogP contribution in [-0.2, 0) is 11.3 Å². The van der Waals surface area contributed by atoms with Crippen molar-refractivity contribution in [3.05, 3.63) is 21.9 Å². The second kappa shape index (κ2) is 7.41. The molecule has 1 heterocycles. The molecule has 1 aromatic heterocycles. The fourth-order valence-electron chi connectivity index (χ4n) is 1.19. The Morgan fingerprint density at radius 3 is 3.13 bits per heavy atom. The molecular formula is C11H16N2OS. The Hall–Kier alpha value is -0.890. The summed E-state index contributed by atoms with van der Waals surface area (Å²) in [5.41, 5.74) is 0.756. The molecule has 0 spiro atoms. The van der Waals surface area contributed by atoms with Crippen molar-refractivity contribution in [3.8, 4) is 6.07 Å². The molecule has 0 saturated carbocycles. The molecule has 82 valence electrons. The molecule has 3 nitrogen and oxygen atoms in total. The number of ether oxygens (including phenoxy) is 1. The molecule has 4 heteroatoms. The van der Waals surface area contributed by atoms with Crippen molar-refractivity contribution >= 4 is 11.3 Å². The van der Waals surface area contributed by atoms with E-state index in [-0.39, 0.29) is 0 Å². The molecule has 1 N–H and O–H groups in total.